The SMILES string of the molecule is O=C(NN[C@@H]1O[C@H](CO)[C@@H](O)[C@H](O)[C@H]1O)C(=O)Nc1ccccc1O. The van der Waals surface area contributed by atoms with Crippen LogP contribution in [0.5, 0.6) is 5.75 Å². The molecule has 8 N–H and O–H groups in total. The Bertz CT molecular complexity index is 626. The van der Waals surface area contributed by atoms with Gasteiger partial charge in [0.05, 0.1) is 12.3 Å². The Labute approximate surface area is 141 Å². The molecule has 138 valence electrons. The summed E-state index contributed by atoms with van der Waals surface area (Å²) in [5.41, 5.74) is 4.17. The number of aliphatic hydroxyl groups excluding tert-OH is 4. The zero-order chi connectivity index (χ0) is 18.6. The first-order valence-electron chi connectivity index (χ1n) is 7.30. The number of carbonyl (C=O) groups is 2. The van der Waals surface area contributed by atoms with E-state index in [0.717, 1.165) is 0 Å². The molecule has 2 rings (SSSR count). The number of anilines is 1. The number of nitrogens with one attached hydrogen (secondary N) is 3. The van der Waals surface area contributed by atoms with Crippen LogP contribution in [0.15, 0.2) is 24.3 Å². The highest BCUT2D eigenvalue weighted by Gasteiger charge is 2.43. The van der Waals surface area contributed by atoms with Gasteiger partial charge in [-0.05, 0) is 12.1 Å². The first-order chi connectivity index (χ1) is 11.8. The second-order valence-electron chi connectivity index (χ2n) is 5.32. The van der Waals surface area contributed by atoms with E-state index in [1.807, 2.05) is 5.43 Å². The molecule has 2 amide bonds. The molecular weight excluding hydrogens is 338 g/mol. The van der Waals surface area contributed by atoms with Gasteiger partial charge in [0.1, 0.15) is 30.2 Å². The second kappa shape index (κ2) is 8.20. The van der Waals surface area contributed by atoms with Gasteiger partial charge < -0.3 is 35.6 Å². The summed E-state index contributed by atoms with van der Waals surface area (Å²) in [6.07, 6.45) is -7.34. The zero-order valence-corrected chi connectivity index (χ0v) is 12.9. The number of para-hydroxylation sites is 2. The standard InChI is InChI=1S/C14H19N3O8/c18-5-8-9(20)10(21)11(22)14(25-8)17-16-13(24)12(23)15-6-3-1-2-4-7(6)19/h1-4,8-11,14,17-22H,5H2,(H,15,23)(H,16,24)/t8-,9-,10+,11-,14-/m1/s1. The van der Waals surface area contributed by atoms with E-state index in [0.29, 0.717) is 0 Å². The molecule has 0 unspecified atom stereocenters. The van der Waals surface area contributed by atoms with Crippen molar-refractivity contribution in [2.24, 2.45) is 0 Å². The molecule has 1 saturated heterocycles. The number of phenols is 1. The summed E-state index contributed by atoms with van der Waals surface area (Å²) in [5.74, 6) is -2.51. The number of carbonyl (C=O) groups excluding carboxylic acids is 2. The smallest absolute Gasteiger partial charge is 0.323 e. The summed E-state index contributed by atoms with van der Waals surface area (Å²) >= 11 is 0. The van der Waals surface area contributed by atoms with Gasteiger partial charge in [-0.3, -0.25) is 15.0 Å². The molecular formula is C14H19N3O8. The van der Waals surface area contributed by atoms with E-state index in [1.54, 1.807) is 6.07 Å². The molecule has 1 aromatic rings. The molecule has 1 aliphatic heterocycles. The minimum absolute atomic E-state index is 0.0236. The maximum Gasteiger partial charge on any atom is 0.323 e. The first kappa shape index (κ1) is 19.1. The van der Waals surface area contributed by atoms with Gasteiger partial charge in [0.2, 0.25) is 0 Å². The number of aromatic hydroxyl groups is 1. The number of amides is 2. The van der Waals surface area contributed by atoms with Crippen LogP contribution in [0.1, 0.15) is 0 Å². The van der Waals surface area contributed by atoms with Crippen molar-refractivity contribution in [3.8, 4) is 5.75 Å². The van der Waals surface area contributed by atoms with Gasteiger partial charge >= 0.3 is 11.8 Å². The number of hydrogen-bond donors (Lipinski definition) is 8. The number of hydrogen-bond acceptors (Lipinski definition) is 9. The molecule has 1 fully saturated rings. The Balaban J connectivity index is 1.90. The second-order valence-corrected chi connectivity index (χ2v) is 5.32. The number of hydrazine groups is 1. The monoisotopic (exact) mass is 357 g/mol. The van der Waals surface area contributed by atoms with Crippen molar-refractivity contribution in [1.29, 1.82) is 0 Å². The van der Waals surface area contributed by atoms with Gasteiger partial charge in [-0.2, -0.15) is 0 Å². The van der Waals surface area contributed by atoms with Gasteiger partial charge in [-0.15, -0.1) is 0 Å². The largest absolute Gasteiger partial charge is 0.506 e. The fourth-order valence-corrected chi connectivity index (χ4v) is 2.17. The Hall–Kier alpha value is -2.28. The van der Waals surface area contributed by atoms with Crippen molar-refractivity contribution in [3.05, 3.63) is 24.3 Å². The summed E-state index contributed by atoms with van der Waals surface area (Å²) in [4.78, 5) is 23.5. The highest BCUT2D eigenvalue weighted by Crippen LogP contribution is 2.21. The summed E-state index contributed by atoms with van der Waals surface area (Å²) in [7, 11) is 0. The van der Waals surface area contributed by atoms with Crippen molar-refractivity contribution in [3.63, 3.8) is 0 Å². The Kier molecular flexibility index (Phi) is 6.25. The number of benzene rings is 1. The zero-order valence-electron chi connectivity index (χ0n) is 12.9. The minimum atomic E-state index is -1.63. The maximum atomic E-state index is 11.7. The highest BCUT2D eigenvalue weighted by atomic mass is 16.6. The Morgan fingerprint density at radius 3 is 2.36 bits per heavy atom. The number of phenolic OH excluding ortho intramolecular Hbond substituents is 1. The minimum Gasteiger partial charge on any atom is -0.506 e. The lowest BCUT2D eigenvalue weighted by Crippen LogP contribution is -2.65. The molecule has 5 atom stereocenters. The predicted octanol–water partition coefficient (Wildman–Crippen LogP) is -3.25. The van der Waals surface area contributed by atoms with E-state index in [4.69, 9.17) is 9.84 Å². The Morgan fingerprint density at radius 1 is 1.04 bits per heavy atom. The molecule has 1 heterocycles. The van der Waals surface area contributed by atoms with Crippen LogP contribution in [0.4, 0.5) is 5.69 Å². The Morgan fingerprint density at radius 2 is 1.72 bits per heavy atom. The maximum absolute atomic E-state index is 11.7. The topological polar surface area (TPSA) is 181 Å². The fraction of sp³-hybridized carbons (Fsp3) is 0.429. The average molecular weight is 357 g/mol. The van der Waals surface area contributed by atoms with Crippen LogP contribution in [0.25, 0.3) is 0 Å². The molecule has 0 radical (unpaired) electrons. The third-order valence-electron chi connectivity index (χ3n) is 3.58. The summed E-state index contributed by atoms with van der Waals surface area (Å²) in [6.45, 7) is -0.634. The number of ether oxygens (including phenoxy) is 1. The van der Waals surface area contributed by atoms with E-state index in [2.05, 4.69) is 10.7 Å². The van der Waals surface area contributed by atoms with Crippen LogP contribution in [0.2, 0.25) is 0 Å². The molecule has 1 aromatic carbocycles. The van der Waals surface area contributed by atoms with Gasteiger partial charge in [0.15, 0.2) is 6.23 Å². The lowest BCUT2D eigenvalue weighted by atomic mass is 9.99. The third kappa shape index (κ3) is 4.42. The molecule has 11 heteroatoms. The normalized spacial score (nSPS) is 29.0. The molecule has 25 heavy (non-hydrogen) atoms. The first-order valence-corrected chi connectivity index (χ1v) is 7.30. The van der Waals surface area contributed by atoms with E-state index in [-0.39, 0.29) is 11.4 Å². The van der Waals surface area contributed by atoms with Gasteiger partial charge in [-0.25, -0.2) is 5.43 Å². The van der Waals surface area contributed by atoms with Crippen molar-refractivity contribution < 1.29 is 39.9 Å². The lowest BCUT2D eigenvalue weighted by Gasteiger charge is -2.40. The molecule has 0 aliphatic carbocycles. The van der Waals surface area contributed by atoms with E-state index in [1.165, 1.54) is 18.2 Å². The van der Waals surface area contributed by atoms with Gasteiger partial charge in [0.25, 0.3) is 0 Å². The molecule has 0 aromatic heterocycles. The van der Waals surface area contributed by atoms with Crippen molar-refractivity contribution in [2.45, 2.75) is 30.6 Å². The quantitative estimate of drug-likeness (QED) is 0.156. The van der Waals surface area contributed by atoms with Crippen LogP contribution in [-0.2, 0) is 14.3 Å². The van der Waals surface area contributed by atoms with Crippen molar-refractivity contribution in [1.82, 2.24) is 10.9 Å². The van der Waals surface area contributed by atoms with Crippen molar-refractivity contribution >= 4 is 17.5 Å². The number of rotatable bonds is 4. The summed E-state index contributed by atoms with van der Waals surface area (Å²) in [5, 5.41) is 49.8. The average Bonchev–Trinajstić information content (AvgIpc) is 2.60. The fourth-order valence-electron chi connectivity index (χ4n) is 2.17. The summed E-state index contributed by atoms with van der Waals surface area (Å²) in [6, 6.07) is 5.77. The van der Waals surface area contributed by atoms with Crippen LogP contribution in [0, 0.1) is 0 Å². The highest BCUT2D eigenvalue weighted by molar-refractivity contribution is 6.39. The van der Waals surface area contributed by atoms with E-state index < -0.39 is 49.1 Å². The third-order valence-corrected chi connectivity index (χ3v) is 3.58. The van der Waals surface area contributed by atoms with E-state index >= 15 is 0 Å². The van der Waals surface area contributed by atoms with Gasteiger partial charge in [-0.1, -0.05) is 12.1 Å². The molecule has 0 saturated carbocycles. The van der Waals surface area contributed by atoms with Crippen LogP contribution < -0.4 is 16.2 Å². The predicted molar refractivity (Wildman–Crippen MR) is 81.8 cm³/mol. The number of aliphatic hydroxyl groups is 4. The molecule has 1 aliphatic rings. The van der Waals surface area contributed by atoms with Crippen LogP contribution in [-0.4, -0.2) is 74.6 Å². The van der Waals surface area contributed by atoms with Crippen LogP contribution >= 0.6 is 0 Å². The lowest BCUT2D eigenvalue weighted by molar-refractivity contribution is -0.238. The van der Waals surface area contributed by atoms with Crippen LogP contribution in [0.3, 0.4) is 0 Å². The van der Waals surface area contributed by atoms with Gasteiger partial charge in [0, 0.05) is 0 Å². The molecule has 0 bridgehead atoms. The molecule has 0 spiro atoms. The van der Waals surface area contributed by atoms with Crippen molar-refractivity contribution in [2.75, 3.05) is 11.9 Å². The van der Waals surface area contributed by atoms with E-state index in [9.17, 15) is 30.0 Å². The molecule has 11 nitrogen and oxygen atoms in total. The summed E-state index contributed by atoms with van der Waals surface area (Å²) < 4.78 is 5.09.